The Kier molecular flexibility index (Phi) is 4.88. The van der Waals surface area contributed by atoms with Gasteiger partial charge in [0, 0.05) is 6.20 Å². The number of phenolic OH excluding ortho intramolecular Hbond substituents is 1. The fourth-order valence-corrected chi connectivity index (χ4v) is 1.82. The topological polar surface area (TPSA) is 72.3 Å². The maximum atomic E-state index is 12.1. The van der Waals surface area contributed by atoms with Crippen molar-refractivity contribution in [1.82, 2.24) is 9.97 Å². The highest BCUT2D eigenvalue weighted by Gasteiger charge is 2.07. The van der Waals surface area contributed by atoms with Crippen molar-refractivity contribution in [2.45, 2.75) is 19.8 Å². The van der Waals surface area contributed by atoms with E-state index in [-0.39, 0.29) is 17.5 Å². The molecule has 1 aromatic carbocycles. The Hall–Kier alpha value is -2.69. The summed E-state index contributed by atoms with van der Waals surface area (Å²) < 4.78 is 5.02. The number of hydrogen-bond acceptors (Lipinski definition) is 5. The molecular weight excluding hydrogens is 280 g/mol. The molecule has 0 aliphatic rings. The van der Waals surface area contributed by atoms with E-state index >= 15 is 0 Å². The Balaban J connectivity index is 2.14. The Morgan fingerprint density at radius 1 is 1.27 bits per heavy atom. The number of phenols is 1. The third-order valence-corrected chi connectivity index (χ3v) is 3.15. The van der Waals surface area contributed by atoms with Gasteiger partial charge in [-0.3, -0.25) is 9.78 Å². The van der Waals surface area contributed by atoms with Gasteiger partial charge < -0.3 is 9.84 Å². The largest absolute Gasteiger partial charge is 0.504 e. The highest BCUT2D eigenvalue weighted by molar-refractivity contribution is 6.05. The Labute approximate surface area is 129 Å². The van der Waals surface area contributed by atoms with Crippen LogP contribution in [0.1, 0.15) is 41.5 Å². The number of rotatable bonds is 5. The van der Waals surface area contributed by atoms with E-state index in [4.69, 9.17) is 4.74 Å². The quantitative estimate of drug-likeness (QED) is 0.678. The van der Waals surface area contributed by atoms with E-state index in [1.54, 1.807) is 24.4 Å². The van der Waals surface area contributed by atoms with Crippen molar-refractivity contribution in [3.05, 3.63) is 53.6 Å². The van der Waals surface area contributed by atoms with E-state index < -0.39 is 0 Å². The van der Waals surface area contributed by atoms with Crippen LogP contribution in [0.25, 0.3) is 6.08 Å². The summed E-state index contributed by atoms with van der Waals surface area (Å²) in [5.41, 5.74) is 1.89. The van der Waals surface area contributed by atoms with Gasteiger partial charge in [0.15, 0.2) is 11.5 Å². The highest BCUT2D eigenvalue weighted by Crippen LogP contribution is 2.26. The van der Waals surface area contributed by atoms with Gasteiger partial charge in [-0.1, -0.05) is 26.0 Å². The third-order valence-electron chi connectivity index (χ3n) is 3.15. The van der Waals surface area contributed by atoms with Crippen LogP contribution >= 0.6 is 0 Å². The molecule has 1 aromatic heterocycles. The van der Waals surface area contributed by atoms with E-state index in [2.05, 4.69) is 9.97 Å². The molecule has 0 bridgehead atoms. The minimum atomic E-state index is -0.227. The van der Waals surface area contributed by atoms with E-state index in [0.717, 1.165) is 11.3 Å². The molecule has 0 saturated heterocycles. The van der Waals surface area contributed by atoms with Crippen LogP contribution in [0.4, 0.5) is 0 Å². The first kappa shape index (κ1) is 15.7. The maximum absolute atomic E-state index is 12.1. The van der Waals surface area contributed by atoms with Crippen LogP contribution in [0, 0.1) is 0 Å². The molecule has 0 aliphatic heterocycles. The standard InChI is InChI=1S/C17H18N2O3/c1-11(2)13-9-19-14(10-18-13)15(20)6-4-12-5-7-16(21)17(8-12)22-3/h4-11,21H,1-3H3/b6-4+. The monoisotopic (exact) mass is 298 g/mol. The number of ether oxygens (including phenoxy) is 1. The van der Waals surface area contributed by atoms with Crippen LogP contribution in [0.2, 0.25) is 0 Å². The highest BCUT2D eigenvalue weighted by atomic mass is 16.5. The maximum Gasteiger partial charge on any atom is 0.205 e. The molecule has 0 aliphatic carbocycles. The predicted octanol–water partition coefficient (Wildman–Crippen LogP) is 3.21. The number of carbonyl (C=O) groups is 1. The number of nitrogens with zero attached hydrogens (tertiary/aromatic N) is 2. The van der Waals surface area contributed by atoms with Gasteiger partial charge in [-0.25, -0.2) is 4.98 Å². The summed E-state index contributed by atoms with van der Waals surface area (Å²) >= 11 is 0. The molecule has 22 heavy (non-hydrogen) atoms. The summed E-state index contributed by atoms with van der Waals surface area (Å²) in [5.74, 6) is 0.461. The van der Waals surface area contributed by atoms with E-state index in [1.165, 1.54) is 25.4 Å². The zero-order valence-corrected chi connectivity index (χ0v) is 12.8. The average Bonchev–Trinajstić information content (AvgIpc) is 2.53. The molecule has 0 amide bonds. The Bertz CT molecular complexity index is 692. The second-order valence-corrected chi connectivity index (χ2v) is 5.11. The van der Waals surface area contributed by atoms with Gasteiger partial charge >= 0.3 is 0 Å². The van der Waals surface area contributed by atoms with E-state index in [0.29, 0.717) is 11.4 Å². The number of aromatic hydroxyl groups is 1. The van der Waals surface area contributed by atoms with Crippen LogP contribution in [0.15, 0.2) is 36.7 Å². The van der Waals surface area contributed by atoms with Gasteiger partial charge in [0.05, 0.1) is 19.0 Å². The number of ketones is 1. The molecule has 2 rings (SSSR count). The number of methoxy groups -OCH3 is 1. The Morgan fingerprint density at radius 2 is 2.05 bits per heavy atom. The molecule has 0 radical (unpaired) electrons. The van der Waals surface area contributed by atoms with Gasteiger partial charge in [0.1, 0.15) is 5.69 Å². The zero-order chi connectivity index (χ0) is 16.1. The number of hydrogen-bond donors (Lipinski definition) is 1. The number of allylic oxidation sites excluding steroid dienone is 1. The second kappa shape index (κ2) is 6.85. The van der Waals surface area contributed by atoms with E-state index in [9.17, 15) is 9.90 Å². The van der Waals surface area contributed by atoms with Gasteiger partial charge in [-0.15, -0.1) is 0 Å². The molecule has 5 heteroatoms. The molecule has 0 atom stereocenters. The summed E-state index contributed by atoms with van der Waals surface area (Å²) in [5, 5.41) is 9.53. The molecule has 0 saturated carbocycles. The summed E-state index contributed by atoms with van der Waals surface area (Å²) in [6.45, 7) is 4.03. The summed E-state index contributed by atoms with van der Waals surface area (Å²) in [6, 6.07) is 4.85. The number of carbonyl (C=O) groups excluding carboxylic acids is 1. The average molecular weight is 298 g/mol. The van der Waals surface area contributed by atoms with E-state index in [1.807, 2.05) is 13.8 Å². The zero-order valence-electron chi connectivity index (χ0n) is 12.8. The van der Waals surface area contributed by atoms with Crippen molar-refractivity contribution in [2.75, 3.05) is 7.11 Å². The smallest absolute Gasteiger partial charge is 0.205 e. The summed E-state index contributed by atoms with van der Waals surface area (Å²) in [4.78, 5) is 20.4. The molecule has 2 aromatic rings. The first-order chi connectivity index (χ1) is 10.5. The molecule has 1 N–H and O–H groups in total. The Morgan fingerprint density at radius 3 is 2.64 bits per heavy atom. The summed E-state index contributed by atoms with van der Waals surface area (Å²) in [7, 11) is 1.47. The lowest BCUT2D eigenvalue weighted by molar-refractivity contribution is 0.104. The fraction of sp³-hybridized carbons (Fsp3) is 0.235. The number of aromatic nitrogens is 2. The lowest BCUT2D eigenvalue weighted by Crippen LogP contribution is -2.02. The molecule has 0 spiro atoms. The minimum Gasteiger partial charge on any atom is -0.504 e. The van der Waals surface area contributed by atoms with Crippen molar-refractivity contribution in [3.8, 4) is 11.5 Å². The van der Waals surface area contributed by atoms with Crippen LogP contribution in [0.5, 0.6) is 11.5 Å². The lowest BCUT2D eigenvalue weighted by Gasteiger charge is -2.04. The van der Waals surface area contributed by atoms with Crippen LogP contribution < -0.4 is 4.74 Å². The molecular formula is C17H18N2O3. The van der Waals surface area contributed by atoms with Gasteiger partial charge in [0.2, 0.25) is 5.78 Å². The molecule has 0 fully saturated rings. The van der Waals surface area contributed by atoms with Crippen molar-refractivity contribution in [3.63, 3.8) is 0 Å². The fourth-order valence-electron chi connectivity index (χ4n) is 1.82. The third kappa shape index (κ3) is 3.69. The van der Waals surface area contributed by atoms with Gasteiger partial charge in [-0.2, -0.15) is 0 Å². The first-order valence-corrected chi connectivity index (χ1v) is 6.92. The molecule has 0 unspecified atom stereocenters. The molecule has 114 valence electrons. The SMILES string of the molecule is COc1cc(/C=C/C(=O)c2cnc(C(C)C)cn2)ccc1O. The minimum absolute atomic E-state index is 0.0566. The lowest BCUT2D eigenvalue weighted by atomic mass is 10.1. The molecule has 5 nitrogen and oxygen atoms in total. The van der Waals surface area contributed by atoms with Gasteiger partial charge in [-0.05, 0) is 29.7 Å². The summed E-state index contributed by atoms with van der Waals surface area (Å²) in [6.07, 6.45) is 6.17. The number of benzene rings is 1. The predicted molar refractivity (Wildman–Crippen MR) is 84.1 cm³/mol. The van der Waals surface area contributed by atoms with Crippen molar-refractivity contribution >= 4 is 11.9 Å². The first-order valence-electron chi connectivity index (χ1n) is 6.92. The van der Waals surface area contributed by atoms with Crippen molar-refractivity contribution in [2.24, 2.45) is 0 Å². The van der Waals surface area contributed by atoms with Crippen LogP contribution in [-0.2, 0) is 0 Å². The van der Waals surface area contributed by atoms with Crippen LogP contribution in [-0.4, -0.2) is 28.0 Å². The van der Waals surface area contributed by atoms with Crippen LogP contribution in [0.3, 0.4) is 0 Å². The van der Waals surface area contributed by atoms with Gasteiger partial charge in [0.25, 0.3) is 0 Å². The van der Waals surface area contributed by atoms with Crippen molar-refractivity contribution < 1.29 is 14.6 Å². The second-order valence-electron chi connectivity index (χ2n) is 5.11. The van der Waals surface area contributed by atoms with Crippen molar-refractivity contribution in [1.29, 1.82) is 0 Å². The molecule has 1 heterocycles. The normalized spacial score (nSPS) is 11.1.